The molecule has 110 valence electrons. The molecule has 5 heteroatoms. The molecule has 0 fully saturated rings. The molecule has 0 aliphatic heterocycles. The van der Waals surface area contributed by atoms with Gasteiger partial charge in [-0.05, 0) is 13.5 Å². The molecule has 1 aromatic heterocycles. The molecular formula is C14H27N3OS. The molecule has 4 nitrogen and oxygen atoms in total. The summed E-state index contributed by atoms with van der Waals surface area (Å²) in [5.74, 6) is 1.89. The summed E-state index contributed by atoms with van der Waals surface area (Å²) in [4.78, 5) is 0. The lowest BCUT2D eigenvalue weighted by Gasteiger charge is -2.24. The van der Waals surface area contributed by atoms with Crippen molar-refractivity contribution in [2.75, 3.05) is 19.4 Å². The summed E-state index contributed by atoms with van der Waals surface area (Å²) in [5.41, 5.74) is 1.16. The molecule has 1 N–H and O–H groups in total. The van der Waals surface area contributed by atoms with E-state index < -0.39 is 0 Å². The van der Waals surface area contributed by atoms with Crippen molar-refractivity contribution < 1.29 is 4.74 Å². The second kappa shape index (κ2) is 7.20. The zero-order valence-corrected chi connectivity index (χ0v) is 13.8. The van der Waals surface area contributed by atoms with E-state index in [0.717, 1.165) is 30.3 Å². The number of hydrogen-bond donors (Lipinski definition) is 1. The molecule has 0 bridgehead atoms. The second-order valence-electron chi connectivity index (χ2n) is 5.45. The van der Waals surface area contributed by atoms with Gasteiger partial charge in [0.15, 0.2) is 5.75 Å². The molecule has 19 heavy (non-hydrogen) atoms. The first-order valence-corrected chi connectivity index (χ1v) is 7.88. The van der Waals surface area contributed by atoms with E-state index in [1.807, 2.05) is 22.6 Å². The van der Waals surface area contributed by atoms with Gasteiger partial charge < -0.3 is 10.1 Å². The minimum atomic E-state index is 0.262. The maximum absolute atomic E-state index is 5.45. The molecule has 1 atom stereocenters. The van der Waals surface area contributed by atoms with Gasteiger partial charge in [0, 0.05) is 17.0 Å². The van der Waals surface area contributed by atoms with E-state index >= 15 is 0 Å². The van der Waals surface area contributed by atoms with E-state index in [9.17, 15) is 0 Å². The van der Waals surface area contributed by atoms with Crippen LogP contribution in [0.3, 0.4) is 0 Å². The lowest BCUT2D eigenvalue weighted by molar-refractivity contribution is 0.397. The predicted molar refractivity (Wildman–Crippen MR) is 83.1 cm³/mol. The van der Waals surface area contributed by atoms with Gasteiger partial charge in [0.25, 0.3) is 0 Å². The summed E-state index contributed by atoms with van der Waals surface area (Å²) < 4.78 is 7.74. The molecule has 0 aliphatic carbocycles. The Morgan fingerprint density at radius 2 is 2.11 bits per heavy atom. The smallest absolute Gasteiger partial charge is 0.161 e. The van der Waals surface area contributed by atoms with Gasteiger partial charge in [0.1, 0.15) is 0 Å². The number of hydrogen-bond acceptors (Lipinski definition) is 4. The highest BCUT2D eigenvalue weighted by Gasteiger charge is 2.23. The lowest BCUT2D eigenvalue weighted by atomic mass is 10.2. The molecule has 0 aromatic carbocycles. The summed E-state index contributed by atoms with van der Waals surface area (Å²) in [6.07, 6.45) is 1.81. The highest BCUT2D eigenvalue weighted by atomic mass is 32.2. The van der Waals surface area contributed by atoms with Crippen LogP contribution in [0.2, 0.25) is 0 Å². The van der Waals surface area contributed by atoms with E-state index in [-0.39, 0.29) is 10.8 Å². The third-order valence-electron chi connectivity index (χ3n) is 2.83. The molecule has 0 amide bonds. The van der Waals surface area contributed by atoms with Crippen LogP contribution in [-0.4, -0.2) is 33.9 Å². The van der Waals surface area contributed by atoms with Gasteiger partial charge in [-0.25, -0.2) is 0 Å². The number of aryl methyl sites for hydroxylation is 1. The van der Waals surface area contributed by atoms with Crippen molar-refractivity contribution >= 4 is 11.8 Å². The normalized spacial score (nSPS) is 13.6. The summed E-state index contributed by atoms with van der Waals surface area (Å²) in [6, 6.07) is 0.270. The Balaban J connectivity index is 2.94. The van der Waals surface area contributed by atoms with Gasteiger partial charge in [-0.15, -0.1) is 0 Å². The Bertz CT molecular complexity index is 363. The molecule has 1 rings (SSSR count). The quantitative estimate of drug-likeness (QED) is 0.835. The molecule has 1 heterocycles. The molecular weight excluding hydrogens is 258 g/mol. The maximum Gasteiger partial charge on any atom is 0.161 e. The molecule has 0 aliphatic rings. The van der Waals surface area contributed by atoms with E-state index in [4.69, 9.17) is 4.74 Å². The highest BCUT2D eigenvalue weighted by Crippen LogP contribution is 2.32. The van der Waals surface area contributed by atoms with Crippen LogP contribution >= 0.6 is 11.8 Å². The molecule has 0 radical (unpaired) electrons. The van der Waals surface area contributed by atoms with Crippen LogP contribution in [0.15, 0.2) is 6.20 Å². The number of aromatic nitrogens is 2. The first-order valence-electron chi connectivity index (χ1n) is 6.90. The van der Waals surface area contributed by atoms with E-state index in [0.29, 0.717) is 0 Å². The van der Waals surface area contributed by atoms with Gasteiger partial charge in [0.05, 0.1) is 25.0 Å². The van der Waals surface area contributed by atoms with Crippen molar-refractivity contribution in [3.63, 3.8) is 0 Å². The molecule has 0 spiro atoms. The van der Waals surface area contributed by atoms with E-state index in [2.05, 4.69) is 45.0 Å². The van der Waals surface area contributed by atoms with Gasteiger partial charge in [-0.3, -0.25) is 4.68 Å². The summed E-state index contributed by atoms with van der Waals surface area (Å²) in [5, 5.41) is 7.94. The van der Waals surface area contributed by atoms with Crippen molar-refractivity contribution in [2.45, 2.75) is 52.0 Å². The van der Waals surface area contributed by atoms with Crippen molar-refractivity contribution in [3.05, 3.63) is 11.9 Å². The van der Waals surface area contributed by atoms with Gasteiger partial charge in [-0.2, -0.15) is 16.9 Å². The summed E-state index contributed by atoms with van der Waals surface area (Å²) >= 11 is 1.96. The zero-order chi connectivity index (χ0) is 14.5. The molecule has 1 unspecified atom stereocenters. The Kier molecular flexibility index (Phi) is 6.20. The Morgan fingerprint density at radius 1 is 1.42 bits per heavy atom. The van der Waals surface area contributed by atoms with Crippen LogP contribution < -0.4 is 10.1 Å². The average molecular weight is 285 g/mol. The minimum Gasteiger partial charge on any atom is -0.493 e. The third kappa shape index (κ3) is 4.73. The van der Waals surface area contributed by atoms with Gasteiger partial charge in [0.2, 0.25) is 0 Å². The Hall–Kier alpha value is -0.680. The van der Waals surface area contributed by atoms with Crippen molar-refractivity contribution in [3.8, 4) is 5.75 Å². The average Bonchev–Trinajstić information content (AvgIpc) is 2.76. The number of ether oxygens (including phenoxy) is 1. The van der Waals surface area contributed by atoms with Crippen LogP contribution in [0, 0.1) is 0 Å². The second-order valence-corrected chi connectivity index (χ2v) is 7.29. The number of rotatable bonds is 7. The summed E-state index contributed by atoms with van der Waals surface area (Å²) in [6.45, 7) is 12.8. The number of thioether (sulfide) groups is 1. The standard InChI is InChI=1S/C14H27N3OS/c1-7-15-11(10-19-14(3,4)5)13-12(18-6)9-16-17(13)8-2/h9,11,15H,7-8,10H2,1-6H3. The fraction of sp³-hybridized carbons (Fsp3) is 0.786. The molecule has 0 saturated carbocycles. The van der Waals surface area contributed by atoms with Crippen molar-refractivity contribution in [1.82, 2.24) is 15.1 Å². The van der Waals surface area contributed by atoms with Crippen LogP contribution in [0.1, 0.15) is 46.4 Å². The zero-order valence-electron chi connectivity index (χ0n) is 13.0. The number of nitrogens with zero attached hydrogens (tertiary/aromatic N) is 2. The van der Waals surface area contributed by atoms with Crippen LogP contribution in [0.25, 0.3) is 0 Å². The monoisotopic (exact) mass is 285 g/mol. The van der Waals surface area contributed by atoms with Gasteiger partial charge in [-0.1, -0.05) is 27.7 Å². The number of methoxy groups -OCH3 is 1. The fourth-order valence-corrected chi connectivity index (χ4v) is 2.90. The Labute approximate surface area is 121 Å². The summed E-state index contributed by atoms with van der Waals surface area (Å²) in [7, 11) is 1.71. The van der Waals surface area contributed by atoms with Crippen LogP contribution in [0.4, 0.5) is 0 Å². The molecule has 0 saturated heterocycles. The largest absolute Gasteiger partial charge is 0.493 e. The van der Waals surface area contributed by atoms with Crippen LogP contribution in [-0.2, 0) is 6.54 Å². The topological polar surface area (TPSA) is 39.1 Å². The van der Waals surface area contributed by atoms with Crippen LogP contribution in [0.5, 0.6) is 5.75 Å². The fourth-order valence-electron chi connectivity index (χ4n) is 1.95. The maximum atomic E-state index is 5.45. The lowest BCUT2D eigenvalue weighted by Crippen LogP contribution is -2.27. The minimum absolute atomic E-state index is 0.262. The number of nitrogens with one attached hydrogen (secondary N) is 1. The Morgan fingerprint density at radius 3 is 2.58 bits per heavy atom. The van der Waals surface area contributed by atoms with Crippen molar-refractivity contribution in [2.24, 2.45) is 0 Å². The third-order valence-corrected chi connectivity index (χ3v) is 4.19. The van der Waals surface area contributed by atoms with E-state index in [1.165, 1.54) is 0 Å². The van der Waals surface area contributed by atoms with Gasteiger partial charge >= 0.3 is 0 Å². The first-order chi connectivity index (χ1) is 8.92. The molecule has 1 aromatic rings. The predicted octanol–water partition coefficient (Wildman–Crippen LogP) is 3.09. The highest BCUT2D eigenvalue weighted by molar-refractivity contribution is 8.00. The first kappa shape index (κ1) is 16.4. The SMILES string of the molecule is CCNC(CSC(C)(C)C)c1c(OC)cnn1CC. The van der Waals surface area contributed by atoms with E-state index in [1.54, 1.807) is 7.11 Å². The van der Waals surface area contributed by atoms with Crippen molar-refractivity contribution in [1.29, 1.82) is 0 Å².